The molecule has 5 heteroatoms. The summed E-state index contributed by atoms with van der Waals surface area (Å²) in [5.41, 5.74) is 7.75. The smallest absolute Gasteiger partial charge is 0.0467 e. The Morgan fingerprint density at radius 3 is 2.79 bits per heavy atom. The largest absolute Gasteiger partial charge is 0.398 e. The quantitative estimate of drug-likeness (QED) is 0.652. The summed E-state index contributed by atoms with van der Waals surface area (Å²) in [7, 11) is 0. The summed E-state index contributed by atoms with van der Waals surface area (Å²) >= 11 is 18.4. The number of hydrogen-bond donors (Lipinski definition) is 1. The van der Waals surface area contributed by atoms with Crippen molar-refractivity contribution in [1.82, 2.24) is 0 Å². The number of thioether (sulfide) groups is 1. The Morgan fingerprint density at radius 2 is 2.21 bits per heavy atom. The molecule has 0 saturated carbocycles. The van der Waals surface area contributed by atoms with E-state index in [4.69, 9.17) is 40.5 Å². The highest BCUT2D eigenvalue weighted by atomic mass is 35.5. The van der Waals surface area contributed by atoms with Gasteiger partial charge in [-0.05, 0) is 18.2 Å². The Bertz CT molecular complexity index is 352. The minimum Gasteiger partial charge on any atom is -0.398 e. The molecule has 0 aliphatic rings. The van der Waals surface area contributed by atoms with E-state index in [1.165, 1.54) is 17.3 Å². The Hall–Kier alpha value is -0.0200. The van der Waals surface area contributed by atoms with Crippen molar-refractivity contribution in [3.8, 4) is 0 Å². The fourth-order valence-corrected chi connectivity index (χ4v) is 2.11. The zero-order valence-corrected chi connectivity index (χ0v) is 10.2. The fraction of sp³-hybridized carbons (Fsp3) is 0.111. The van der Waals surface area contributed by atoms with Gasteiger partial charge in [-0.2, -0.15) is 0 Å². The van der Waals surface area contributed by atoms with E-state index in [0.717, 1.165) is 4.90 Å². The van der Waals surface area contributed by atoms with Gasteiger partial charge in [-0.1, -0.05) is 34.8 Å². The second kappa shape index (κ2) is 5.76. The number of rotatable bonds is 3. The van der Waals surface area contributed by atoms with Crippen LogP contribution in [0.1, 0.15) is 0 Å². The van der Waals surface area contributed by atoms with Crippen LogP contribution in [0.5, 0.6) is 0 Å². The molecule has 2 N–H and O–H groups in total. The lowest BCUT2D eigenvalue weighted by molar-refractivity contribution is 1.45. The monoisotopic (exact) mass is 267 g/mol. The van der Waals surface area contributed by atoms with Gasteiger partial charge in [0, 0.05) is 31.9 Å². The van der Waals surface area contributed by atoms with Gasteiger partial charge in [-0.15, -0.1) is 11.8 Å². The Labute approximate surface area is 102 Å². The summed E-state index contributed by atoms with van der Waals surface area (Å²) in [5.74, 6) is 0.608. The summed E-state index contributed by atoms with van der Waals surface area (Å²) in [6, 6.07) is 5.36. The van der Waals surface area contributed by atoms with Gasteiger partial charge in [0.25, 0.3) is 0 Å². The Morgan fingerprint density at radius 1 is 1.50 bits per heavy atom. The molecule has 0 saturated heterocycles. The Kier molecular flexibility index (Phi) is 4.96. The summed E-state index contributed by atoms with van der Waals surface area (Å²) in [4.78, 5) is 0.950. The zero-order chi connectivity index (χ0) is 10.6. The first kappa shape index (κ1) is 12.1. The van der Waals surface area contributed by atoms with Crippen LogP contribution >= 0.6 is 46.6 Å². The van der Waals surface area contributed by atoms with Gasteiger partial charge in [-0.3, -0.25) is 0 Å². The Balaban J connectivity index is 2.68. The third-order valence-electron chi connectivity index (χ3n) is 1.46. The van der Waals surface area contributed by atoms with Crippen LogP contribution < -0.4 is 5.73 Å². The van der Waals surface area contributed by atoms with Gasteiger partial charge >= 0.3 is 0 Å². The predicted molar refractivity (Wildman–Crippen MR) is 66.4 cm³/mol. The molecule has 0 aliphatic heterocycles. The predicted octanol–water partition coefficient (Wildman–Crippen LogP) is 4.33. The molecule has 0 aromatic heterocycles. The first-order valence-electron chi connectivity index (χ1n) is 3.76. The normalized spacial score (nSPS) is 11.8. The first-order valence-corrected chi connectivity index (χ1v) is 5.94. The number of halogens is 3. The van der Waals surface area contributed by atoms with Gasteiger partial charge in [0.05, 0.1) is 0 Å². The molecule has 1 aromatic carbocycles. The highest BCUT2D eigenvalue weighted by molar-refractivity contribution is 7.99. The van der Waals surface area contributed by atoms with E-state index in [2.05, 4.69) is 0 Å². The molecule has 0 radical (unpaired) electrons. The summed E-state index contributed by atoms with van der Waals surface area (Å²) < 4.78 is 0. The number of hydrogen-bond acceptors (Lipinski definition) is 2. The lowest BCUT2D eigenvalue weighted by atomic mass is 10.3. The maximum atomic E-state index is 5.76. The van der Waals surface area contributed by atoms with Crippen molar-refractivity contribution in [2.45, 2.75) is 4.90 Å². The molecule has 0 fully saturated rings. The molecular formula is C9H8Cl3NS. The summed E-state index contributed by atoms with van der Waals surface area (Å²) in [6.45, 7) is 0. The van der Waals surface area contributed by atoms with Crippen LogP contribution in [0.3, 0.4) is 0 Å². The van der Waals surface area contributed by atoms with Crippen molar-refractivity contribution in [1.29, 1.82) is 0 Å². The SMILES string of the molecule is Nc1cc(Cl)ccc1SCC(Cl)=CCl. The molecular weight excluding hydrogens is 261 g/mol. The lowest BCUT2D eigenvalue weighted by Gasteiger charge is -2.04. The van der Waals surface area contributed by atoms with Gasteiger partial charge < -0.3 is 5.73 Å². The van der Waals surface area contributed by atoms with E-state index < -0.39 is 0 Å². The van der Waals surface area contributed by atoms with E-state index in [1.54, 1.807) is 12.1 Å². The van der Waals surface area contributed by atoms with Crippen LogP contribution in [-0.4, -0.2) is 5.75 Å². The molecule has 0 aliphatic carbocycles. The van der Waals surface area contributed by atoms with Crippen LogP contribution in [0.25, 0.3) is 0 Å². The van der Waals surface area contributed by atoms with Crippen LogP contribution in [0, 0.1) is 0 Å². The first-order chi connectivity index (χ1) is 6.63. The van der Waals surface area contributed by atoms with Gasteiger partial charge in [-0.25, -0.2) is 0 Å². The molecule has 76 valence electrons. The molecule has 1 aromatic rings. The van der Waals surface area contributed by atoms with Crippen molar-refractivity contribution >= 4 is 52.3 Å². The minimum absolute atomic E-state index is 0.589. The van der Waals surface area contributed by atoms with Crippen LogP contribution in [-0.2, 0) is 0 Å². The van der Waals surface area contributed by atoms with E-state index in [1.807, 2.05) is 6.07 Å². The van der Waals surface area contributed by atoms with Crippen LogP contribution in [0.4, 0.5) is 5.69 Å². The van der Waals surface area contributed by atoms with Gasteiger partial charge in [0.1, 0.15) is 0 Å². The minimum atomic E-state index is 0.589. The average Bonchev–Trinajstić information content (AvgIpc) is 2.16. The lowest BCUT2D eigenvalue weighted by Crippen LogP contribution is -1.89. The molecule has 0 amide bonds. The topological polar surface area (TPSA) is 26.0 Å². The van der Waals surface area contributed by atoms with Crippen molar-refractivity contribution in [3.05, 3.63) is 33.8 Å². The molecule has 14 heavy (non-hydrogen) atoms. The summed E-state index contributed by atoms with van der Waals surface area (Å²) in [5, 5.41) is 1.22. The van der Waals surface area contributed by atoms with Gasteiger partial charge in [0.2, 0.25) is 0 Å². The summed E-state index contributed by atoms with van der Waals surface area (Å²) in [6.07, 6.45) is 0. The van der Waals surface area contributed by atoms with Crippen LogP contribution in [0.15, 0.2) is 33.7 Å². The van der Waals surface area contributed by atoms with E-state index in [-0.39, 0.29) is 0 Å². The van der Waals surface area contributed by atoms with Crippen molar-refractivity contribution < 1.29 is 0 Å². The third kappa shape index (κ3) is 3.62. The number of benzene rings is 1. The maximum absolute atomic E-state index is 5.76. The average molecular weight is 269 g/mol. The van der Waals surface area contributed by atoms with Crippen molar-refractivity contribution in [2.24, 2.45) is 0 Å². The maximum Gasteiger partial charge on any atom is 0.0467 e. The highest BCUT2D eigenvalue weighted by Gasteiger charge is 2.01. The molecule has 1 rings (SSSR count). The fourth-order valence-electron chi connectivity index (χ4n) is 0.829. The molecule has 0 bridgehead atoms. The molecule has 1 nitrogen and oxygen atoms in total. The van der Waals surface area contributed by atoms with E-state index in [0.29, 0.717) is 21.5 Å². The van der Waals surface area contributed by atoms with Crippen molar-refractivity contribution in [3.63, 3.8) is 0 Å². The standard InChI is InChI=1S/C9H8Cl3NS/c10-4-7(12)5-14-9-2-1-6(11)3-8(9)13/h1-4H,5,13H2. The molecule has 0 heterocycles. The number of anilines is 1. The van der Waals surface area contributed by atoms with Crippen LogP contribution in [0.2, 0.25) is 5.02 Å². The molecule has 0 unspecified atom stereocenters. The molecule has 0 atom stereocenters. The second-order valence-corrected chi connectivity index (χ2v) is 4.68. The number of nitrogen functional groups attached to an aromatic ring is 1. The zero-order valence-electron chi connectivity index (χ0n) is 7.14. The number of nitrogens with two attached hydrogens (primary N) is 1. The third-order valence-corrected chi connectivity index (χ3v) is 3.61. The molecule has 0 spiro atoms. The van der Waals surface area contributed by atoms with E-state index in [9.17, 15) is 0 Å². The second-order valence-electron chi connectivity index (χ2n) is 2.53. The highest BCUT2D eigenvalue weighted by Crippen LogP contribution is 2.29. The van der Waals surface area contributed by atoms with E-state index >= 15 is 0 Å². The van der Waals surface area contributed by atoms with Crippen molar-refractivity contribution in [2.75, 3.05) is 11.5 Å². The van der Waals surface area contributed by atoms with Gasteiger partial charge in [0.15, 0.2) is 0 Å².